The van der Waals surface area contributed by atoms with Crippen LogP contribution in [-0.4, -0.2) is 27.7 Å². The maximum absolute atomic E-state index is 5.58. The molecule has 0 spiro atoms. The van der Waals surface area contributed by atoms with Gasteiger partial charge in [-0.3, -0.25) is 0 Å². The van der Waals surface area contributed by atoms with Crippen LogP contribution in [-0.2, 0) is 0 Å². The van der Waals surface area contributed by atoms with Crippen molar-refractivity contribution in [2.75, 3.05) is 6.61 Å². The van der Waals surface area contributed by atoms with Crippen molar-refractivity contribution in [3.63, 3.8) is 0 Å². The number of H-pyrrole nitrogens is 1. The van der Waals surface area contributed by atoms with E-state index in [1.165, 1.54) is 5.39 Å². The lowest BCUT2D eigenvalue weighted by molar-refractivity contribution is 0.340. The summed E-state index contributed by atoms with van der Waals surface area (Å²) >= 11 is 5.37. The topological polar surface area (TPSA) is 55.2 Å². The van der Waals surface area contributed by atoms with Crippen LogP contribution >= 0.6 is 12.2 Å². The Balaban J connectivity index is 1.75. The number of aromatic nitrogens is 3. The van der Waals surface area contributed by atoms with Gasteiger partial charge in [0.2, 0.25) is 4.77 Å². The van der Waals surface area contributed by atoms with E-state index in [0.717, 1.165) is 22.3 Å². The minimum Gasteiger partial charge on any atom is -0.494 e. The summed E-state index contributed by atoms with van der Waals surface area (Å²) in [5.41, 5.74) is 1.90. The molecule has 0 atom stereocenters. The van der Waals surface area contributed by atoms with Crippen LogP contribution in [0, 0.1) is 4.77 Å². The van der Waals surface area contributed by atoms with Gasteiger partial charge in [-0.25, -0.2) is 5.10 Å². The quantitative estimate of drug-likeness (QED) is 0.393. The van der Waals surface area contributed by atoms with Crippen molar-refractivity contribution in [2.45, 2.75) is 6.92 Å². The Morgan fingerprint density at radius 2 is 1.93 bits per heavy atom. The van der Waals surface area contributed by atoms with Gasteiger partial charge in [0.05, 0.1) is 12.8 Å². The number of rotatable bonds is 5. The minimum atomic E-state index is 0.434. The number of nitrogens with one attached hydrogen (secondary N) is 1. The lowest BCUT2D eigenvalue weighted by Crippen LogP contribution is -1.96. The van der Waals surface area contributed by atoms with Gasteiger partial charge in [-0.15, -0.1) is 0 Å². The Kier molecular flexibility index (Phi) is 4.80. The van der Waals surface area contributed by atoms with E-state index in [2.05, 4.69) is 33.5 Å². The second-order valence-electron chi connectivity index (χ2n) is 5.94. The fraction of sp³-hybridized carbons (Fsp3) is 0.0952. The molecule has 3 aromatic carbocycles. The fourth-order valence-electron chi connectivity index (χ4n) is 2.96. The van der Waals surface area contributed by atoms with Gasteiger partial charge in [0.1, 0.15) is 5.75 Å². The first kappa shape index (κ1) is 17.2. The Hall–Kier alpha value is -3.25. The summed E-state index contributed by atoms with van der Waals surface area (Å²) in [4.78, 5) is 0. The standard InChI is InChI=1S/C21H18N4OS/c1-2-26-18-11-6-9-16(13-18)20-23-24-21(27)25(20)22-14-17-10-5-8-15-7-3-4-12-19(15)17/h3-14H,2H2,1H3,(H,24,27). The van der Waals surface area contributed by atoms with Crippen LogP contribution in [0.15, 0.2) is 71.8 Å². The summed E-state index contributed by atoms with van der Waals surface area (Å²) in [7, 11) is 0. The highest BCUT2D eigenvalue weighted by atomic mass is 32.1. The lowest BCUT2D eigenvalue weighted by Gasteiger charge is -2.06. The summed E-state index contributed by atoms with van der Waals surface area (Å²) in [6.07, 6.45) is 1.81. The number of fused-ring (bicyclic) bond motifs is 1. The summed E-state index contributed by atoms with van der Waals surface area (Å²) in [5.74, 6) is 1.42. The number of benzene rings is 3. The van der Waals surface area contributed by atoms with Crippen molar-refractivity contribution in [3.8, 4) is 17.1 Å². The van der Waals surface area contributed by atoms with Crippen LogP contribution in [0.5, 0.6) is 5.75 Å². The summed E-state index contributed by atoms with van der Waals surface area (Å²) < 4.78 is 7.64. The Bertz CT molecular complexity index is 1170. The van der Waals surface area contributed by atoms with E-state index < -0.39 is 0 Å². The zero-order valence-electron chi connectivity index (χ0n) is 14.8. The van der Waals surface area contributed by atoms with E-state index in [0.29, 0.717) is 17.2 Å². The van der Waals surface area contributed by atoms with Gasteiger partial charge in [0.15, 0.2) is 5.82 Å². The zero-order chi connectivity index (χ0) is 18.6. The highest BCUT2D eigenvalue weighted by Crippen LogP contribution is 2.23. The van der Waals surface area contributed by atoms with Crippen LogP contribution in [0.25, 0.3) is 22.2 Å². The van der Waals surface area contributed by atoms with Crippen molar-refractivity contribution in [1.82, 2.24) is 14.9 Å². The van der Waals surface area contributed by atoms with E-state index in [1.807, 2.05) is 61.7 Å². The van der Waals surface area contributed by atoms with Crippen molar-refractivity contribution in [3.05, 3.63) is 77.1 Å². The van der Waals surface area contributed by atoms with Crippen molar-refractivity contribution < 1.29 is 4.74 Å². The molecule has 6 heteroatoms. The molecule has 0 unspecified atom stereocenters. The van der Waals surface area contributed by atoms with Crippen molar-refractivity contribution in [1.29, 1.82) is 0 Å². The highest BCUT2D eigenvalue weighted by molar-refractivity contribution is 7.71. The van der Waals surface area contributed by atoms with E-state index >= 15 is 0 Å². The third-order valence-corrected chi connectivity index (χ3v) is 4.45. The SMILES string of the molecule is CCOc1cccc(-c2n[nH]c(=S)n2N=Cc2cccc3ccccc23)c1. The molecular formula is C21H18N4OS. The summed E-state index contributed by atoms with van der Waals surface area (Å²) in [6.45, 7) is 2.56. The molecule has 0 radical (unpaired) electrons. The van der Waals surface area contributed by atoms with Crippen molar-refractivity contribution >= 4 is 29.2 Å². The van der Waals surface area contributed by atoms with Crippen molar-refractivity contribution in [2.24, 2.45) is 5.10 Å². The van der Waals surface area contributed by atoms with Crippen LogP contribution in [0.3, 0.4) is 0 Å². The highest BCUT2D eigenvalue weighted by Gasteiger charge is 2.09. The molecular weight excluding hydrogens is 356 g/mol. The molecule has 0 aliphatic carbocycles. The molecule has 4 rings (SSSR count). The van der Waals surface area contributed by atoms with Gasteiger partial charge in [0, 0.05) is 11.1 Å². The first-order valence-electron chi connectivity index (χ1n) is 8.69. The maximum Gasteiger partial charge on any atom is 0.216 e. The average molecular weight is 374 g/mol. The van der Waals surface area contributed by atoms with Gasteiger partial charge in [0.25, 0.3) is 0 Å². The smallest absolute Gasteiger partial charge is 0.216 e. The van der Waals surface area contributed by atoms with Gasteiger partial charge >= 0.3 is 0 Å². The first-order chi connectivity index (χ1) is 13.3. The van der Waals surface area contributed by atoms with Gasteiger partial charge in [-0.1, -0.05) is 54.6 Å². The summed E-state index contributed by atoms with van der Waals surface area (Å²) in [6, 6.07) is 22.1. The fourth-order valence-corrected chi connectivity index (χ4v) is 3.14. The van der Waals surface area contributed by atoms with Crippen LogP contribution in [0.1, 0.15) is 12.5 Å². The predicted octanol–water partition coefficient (Wildman–Crippen LogP) is 5.04. The molecule has 0 fully saturated rings. The van der Waals surface area contributed by atoms with Crippen LogP contribution in [0.4, 0.5) is 0 Å². The molecule has 0 saturated carbocycles. The van der Waals surface area contributed by atoms with E-state index in [9.17, 15) is 0 Å². The molecule has 0 saturated heterocycles. The monoisotopic (exact) mass is 374 g/mol. The van der Waals surface area contributed by atoms with Crippen LogP contribution < -0.4 is 4.74 Å². The molecule has 1 heterocycles. The number of nitrogens with zero attached hydrogens (tertiary/aromatic N) is 3. The Labute approximate surface area is 161 Å². The molecule has 5 nitrogen and oxygen atoms in total. The molecule has 4 aromatic rings. The number of aromatic amines is 1. The predicted molar refractivity (Wildman–Crippen MR) is 111 cm³/mol. The molecule has 0 aliphatic rings. The van der Waals surface area contributed by atoms with E-state index in [-0.39, 0.29) is 0 Å². The van der Waals surface area contributed by atoms with Gasteiger partial charge in [-0.05, 0) is 42.0 Å². The molecule has 27 heavy (non-hydrogen) atoms. The second-order valence-corrected chi connectivity index (χ2v) is 6.32. The Morgan fingerprint density at radius 3 is 2.81 bits per heavy atom. The second kappa shape index (κ2) is 7.55. The lowest BCUT2D eigenvalue weighted by atomic mass is 10.1. The first-order valence-corrected chi connectivity index (χ1v) is 9.10. The number of hydrogen-bond donors (Lipinski definition) is 1. The van der Waals surface area contributed by atoms with Gasteiger partial charge in [-0.2, -0.15) is 14.9 Å². The number of ether oxygens (including phenoxy) is 1. The third kappa shape index (κ3) is 3.52. The Morgan fingerprint density at radius 1 is 1.11 bits per heavy atom. The van der Waals surface area contributed by atoms with Gasteiger partial charge < -0.3 is 4.74 Å². The molecule has 0 bridgehead atoms. The van der Waals surface area contributed by atoms with E-state index in [4.69, 9.17) is 17.0 Å². The molecule has 0 aliphatic heterocycles. The average Bonchev–Trinajstić information content (AvgIpc) is 3.07. The third-order valence-electron chi connectivity index (χ3n) is 4.19. The minimum absolute atomic E-state index is 0.434. The molecule has 1 aromatic heterocycles. The largest absolute Gasteiger partial charge is 0.494 e. The molecule has 0 amide bonds. The molecule has 1 N–H and O–H groups in total. The van der Waals surface area contributed by atoms with E-state index in [1.54, 1.807) is 4.68 Å². The zero-order valence-corrected chi connectivity index (χ0v) is 15.6. The molecule has 134 valence electrons. The normalized spacial score (nSPS) is 11.3. The maximum atomic E-state index is 5.58. The van der Waals surface area contributed by atoms with Crippen LogP contribution in [0.2, 0.25) is 0 Å². The summed E-state index contributed by atoms with van der Waals surface area (Å²) in [5, 5.41) is 14.1. The number of hydrogen-bond acceptors (Lipinski definition) is 4.